The zero-order valence-electron chi connectivity index (χ0n) is 17.8. The Hall–Kier alpha value is -3.02. The third kappa shape index (κ3) is 5.32. The second-order valence-corrected chi connectivity index (χ2v) is 8.20. The van der Waals surface area contributed by atoms with Crippen LogP contribution >= 0.6 is 23.2 Å². The molecule has 174 valence electrons. The van der Waals surface area contributed by atoms with Crippen molar-refractivity contribution in [2.24, 2.45) is 0 Å². The molecule has 0 aliphatic carbocycles. The van der Waals surface area contributed by atoms with E-state index in [1.165, 1.54) is 23.7 Å². The molecule has 13 heteroatoms. The molecule has 0 radical (unpaired) electrons. The lowest BCUT2D eigenvalue weighted by atomic mass is 10.2. The van der Waals surface area contributed by atoms with Crippen LogP contribution in [-0.2, 0) is 11.3 Å². The molecule has 0 atom stereocenters. The lowest BCUT2D eigenvalue weighted by molar-refractivity contribution is -0.123. The maximum atomic E-state index is 13.7. The van der Waals surface area contributed by atoms with Crippen LogP contribution in [-0.4, -0.2) is 62.3 Å². The number of anilines is 2. The van der Waals surface area contributed by atoms with Crippen LogP contribution in [0, 0.1) is 5.82 Å². The van der Waals surface area contributed by atoms with Crippen molar-refractivity contribution in [3.63, 3.8) is 0 Å². The second kappa shape index (κ2) is 10.3. The first kappa shape index (κ1) is 23.1. The molecular formula is C20H22Cl2FN9O. The van der Waals surface area contributed by atoms with Gasteiger partial charge in [-0.2, -0.15) is 4.68 Å². The zero-order chi connectivity index (χ0) is 23.4. The van der Waals surface area contributed by atoms with Gasteiger partial charge in [-0.25, -0.2) is 14.4 Å². The van der Waals surface area contributed by atoms with Gasteiger partial charge in [0.1, 0.15) is 11.6 Å². The molecule has 1 aliphatic heterocycles. The first-order chi connectivity index (χ1) is 15.9. The molecule has 3 aromatic rings. The summed E-state index contributed by atoms with van der Waals surface area (Å²) in [5.74, 6) is 0.465. The summed E-state index contributed by atoms with van der Waals surface area (Å²) >= 11 is 12.1. The average Bonchev–Trinajstić information content (AvgIpc) is 3.14. The van der Waals surface area contributed by atoms with E-state index in [1.54, 1.807) is 6.20 Å². The summed E-state index contributed by atoms with van der Waals surface area (Å²) in [6.07, 6.45) is 2.63. The van der Waals surface area contributed by atoms with Crippen molar-refractivity contribution >= 4 is 40.9 Å². The SMILES string of the molecule is CC(=O)NN1CCCN(c2ncccc2CNc2nnnn2-c2ccc(F)c(Cl)c2Cl)CC1. The van der Waals surface area contributed by atoms with Crippen LogP contribution in [0.1, 0.15) is 18.9 Å². The number of aromatic nitrogens is 5. The molecule has 10 nitrogen and oxygen atoms in total. The van der Waals surface area contributed by atoms with E-state index in [4.69, 9.17) is 23.2 Å². The summed E-state index contributed by atoms with van der Waals surface area (Å²) in [5.41, 5.74) is 4.15. The Morgan fingerprint density at radius 2 is 2.00 bits per heavy atom. The number of hydrogen-bond donors (Lipinski definition) is 2. The highest BCUT2D eigenvalue weighted by molar-refractivity contribution is 6.43. The van der Waals surface area contributed by atoms with Crippen molar-refractivity contribution in [3.05, 3.63) is 51.9 Å². The van der Waals surface area contributed by atoms with E-state index in [9.17, 15) is 9.18 Å². The van der Waals surface area contributed by atoms with E-state index in [0.717, 1.165) is 30.9 Å². The fourth-order valence-corrected chi connectivity index (χ4v) is 4.02. The van der Waals surface area contributed by atoms with E-state index in [1.807, 2.05) is 17.1 Å². The van der Waals surface area contributed by atoms with Crippen molar-refractivity contribution in [3.8, 4) is 5.69 Å². The molecule has 0 saturated carbocycles. The smallest absolute Gasteiger partial charge is 0.248 e. The highest BCUT2D eigenvalue weighted by Gasteiger charge is 2.20. The zero-order valence-corrected chi connectivity index (χ0v) is 19.3. The predicted octanol–water partition coefficient (Wildman–Crippen LogP) is 2.68. The molecule has 1 fully saturated rings. The van der Waals surface area contributed by atoms with Crippen LogP contribution in [0.15, 0.2) is 30.5 Å². The number of nitrogens with zero attached hydrogens (tertiary/aromatic N) is 7. The largest absolute Gasteiger partial charge is 0.355 e. The van der Waals surface area contributed by atoms with Crippen molar-refractivity contribution < 1.29 is 9.18 Å². The lowest BCUT2D eigenvalue weighted by Crippen LogP contribution is -2.43. The van der Waals surface area contributed by atoms with Crippen LogP contribution in [0.4, 0.5) is 16.2 Å². The number of hydrazine groups is 1. The van der Waals surface area contributed by atoms with Gasteiger partial charge in [-0.05, 0) is 35.0 Å². The normalized spacial score (nSPS) is 14.7. The maximum Gasteiger partial charge on any atom is 0.248 e. The van der Waals surface area contributed by atoms with Crippen molar-refractivity contribution in [1.29, 1.82) is 0 Å². The van der Waals surface area contributed by atoms with Crippen LogP contribution in [0.2, 0.25) is 10.0 Å². The lowest BCUT2D eigenvalue weighted by Gasteiger charge is -2.25. The van der Waals surface area contributed by atoms with Gasteiger partial charge in [0.25, 0.3) is 0 Å². The number of halogens is 3. The van der Waals surface area contributed by atoms with E-state index < -0.39 is 5.82 Å². The Bertz CT molecular complexity index is 1140. The molecule has 3 heterocycles. The van der Waals surface area contributed by atoms with E-state index >= 15 is 0 Å². The molecule has 0 spiro atoms. The molecule has 33 heavy (non-hydrogen) atoms. The van der Waals surface area contributed by atoms with Crippen LogP contribution in [0.5, 0.6) is 0 Å². The Labute approximate surface area is 199 Å². The van der Waals surface area contributed by atoms with Gasteiger partial charge >= 0.3 is 0 Å². The third-order valence-electron chi connectivity index (χ3n) is 5.13. The Kier molecular flexibility index (Phi) is 7.21. The van der Waals surface area contributed by atoms with Crippen LogP contribution in [0.25, 0.3) is 5.69 Å². The summed E-state index contributed by atoms with van der Waals surface area (Å²) < 4.78 is 15.0. The summed E-state index contributed by atoms with van der Waals surface area (Å²) in [6.45, 7) is 4.87. The second-order valence-electron chi connectivity index (χ2n) is 7.44. The summed E-state index contributed by atoms with van der Waals surface area (Å²) in [4.78, 5) is 18.2. The molecular weight excluding hydrogens is 472 g/mol. The number of pyridine rings is 1. The van der Waals surface area contributed by atoms with Gasteiger partial charge in [-0.15, -0.1) is 0 Å². The fraction of sp³-hybridized carbons (Fsp3) is 0.350. The van der Waals surface area contributed by atoms with E-state index in [-0.39, 0.29) is 16.0 Å². The minimum atomic E-state index is -0.623. The van der Waals surface area contributed by atoms with Crippen LogP contribution < -0.4 is 15.6 Å². The third-order valence-corrected chi connectivity index (χ3v) is 5.98. The van der Waals surface area contributed by atoms with Gasteiger partial charge in [0.15, 0.2) is 0 Å². The molecule has 2 aromatic heterocycles. The highest BCUT2D eigenvalue weighted by Crippen LogP contribution is 2.31. The molecule has 0 bridgehead atoms. The molecule has 1 aliphatic rings. The monoisotopic (exact) mass is 493 g/mol. The number of carbonyl (C=O) groups is 1. The molecule has 1 saturated heterocycles. The number of carbonyl (C=O) groups excluding carboxylic acids is 1. The van der Waals surface area contributed by atoms with Gasteiger partial charge in [0.2, 0.25) is 11.9 Å². The fourth-order valence-electron chi connectivity index (χ4n) is 3.63. The van der Waals surface area contributed by atoms with Crippen molar-refractivity contribution in [1.82, 2.24) is 35.6 Å². The number of nitrogens with one attached hydrogen (secondary N) is 2. The Morgan fingerprint density at radius 3 is 2.82 bits per heavy atom. The van der Waals surface area contributed by atoms with Crippen molar-refractivity contribution in [2.45, 2.75) is 19.9 Å². The van der Waals surface area contributed by atoms with Gasteiger partial charge in [0.05, 0.1) is 15.7 Å². The minimum absolute atomic E-state index is 0.0161. The van der Waals surface area contributed by atoms with E-state index in [2.05, 4.69) is 36.2 Å². The first-order valence-electron chi connectivity index (χ1n) is 10.3. The van der Waals surface area contributed by atoms with Gasteiger partial charge in [0, 0.05) is 51.4 Å². The predicted molar refractivity (Wildman–Crippen MR) is 123 cm³/mol. The summed E-state index contributed by atoms with van der Waals surface area (Å²) in [7, 11) is 0. The molecule has 0 unspecified atom stereocenters. The summed E-state index contributed by atoms with van der Waals surface area (Å²) in [6, 6.07) is 6.50. The molecule has 2 N–H and O–H groups in total. The topological polar surface area (TPSA) is 104 Å². The maximum absolute atomic E-state index is 13.7. The molecule has 1 amide bonds. The van der Waals surface area contributed by atoms with Gasteiger partial charge in [-0.1, -0.05) is 34.4 Å². The van der Waals surface area contributed by atoms with Gasteiger partial charge < -0.3 is 10.2 Å². The first-order valence-corrected chi connectivity index (χ1v) is 11.1. The van der Waals surface area contributed by atoms with E-state index in [0.29, 0.717) is 31.3 Å². The quantitative estimate of drug-likeness (QED) is 0.505. The summed E-state index contributed by atoms with van der Waals surface area (Å²) in [5, 5.41) is 16.6. The number of rotatable bonds is 6. The number of benzene rings is 1. The van der Waals surface area contributed by atoms with Crippen molar-refractivity contribution in [2.75, 3.05) is 36.4 Å². The minimum Gasteiger partial charge on any atom is -0.355 e. The number of amides is 1. The molecule has 4 rings (SSSR count). The standard InChI is InChI=1S/C20H22Cl2FN9O/c1-13(33)27-31-9-3-8-30(10-11-31)19-14(4-2-7-24-19)12-25-20-26-28-29-32(20)16-6-5-15(23)17(21)18(16)22/h2,4-7H,3,8-12H2,1H3,(H,27,33)(H,25,26,29). The number of tetrazole rings is 1. The van der Waals surface area contributed by atoms with Gasteiger partial charge in [-0.3, -0.25) is 10.2 Å². The highest BCUT2D eigenvalue weighted by atomic mass is 35.5. The Balaban J connectivity index is 1.50. The average molecular weight is 494 g/mol. The molecule has 1 aromatic carbocycles. The Morgan fingerprint density at radius 1 is 1.15 bits per heavy atom. The number of hydrogen-bond acceptors (Lipinski definition) is 8. The van der Waals surface area contributed by atoms with Crippen LogP contribution in [0.3, 0.4) is 0 Å².